The number of nitrogens with zero attached hydrogens (tertiary/aromatic N) is 1. The van der Waals surface area contributed by atoms with Crippen molar-refractivity contribution in [1.29, 1.82) is 0 Å². The van der Waals surface area contributed by atoms with E-state index >= 15 is 0 Å². The average Bonchev–Trinajstić information content (AvgIpc) is 2.70. The number of hydrogen-bond donors (Lipinski definition) is 1. The minimum absolute atomic E-state index is 0.163. The summed E-state index contributed by atoms with van der Waals surface area (Å²) in [5.41, 5.74) is 0. The summed E-state index contributed by atoms with van der Waals surface area (Å²) in [4.78, 5) is 13.7. The maximum Gasteiger partial charge on any atom is 0.146 e. The van der Waals surface area contributed by atoms with Crippen molar-refractivity contribution in [1.82, 2.24) is 4.90 Å². The van der Waals surface area contributed by atoms with Crippen molar-refractivity contribution in [2.24, 2.45) is 0 Å². The van der Waals surface area contributed by atoms with Crippen LogP contribution in [0.3, 0.4) is 0 Å². The van der Waals surface area contributed by atoms with Gasteiger partial charge >= 0.3 is 0 Å². The van der Waals surface area contributed by atoms with E-state index < -0.39 is 0 Å². The molecule has 0 aromatic heterocycles. The molecular formula is C12H23NO2. The first-order valence-corrected chi connectivity index (χ1v) is 6.14. The summed E-state index contributed by atoms with van der Waals surface area (Å²) in [5, 5.41) is 8.99. The van der Waals surface area contributed by atoms with Gasteiger partial charge < -0.3 is 5.11 Å². The van der Waals surface area contributed by atoms with Gasteiger partial charge in [0.25, 0.3) is 0 Å². The fourth-order valence-electron chi connectivity index (χ4n) is 2.37. The standard InChI is InChI=1S/C12H23NO2/c1-2-5-12(15)10-13(8-9-14)11-6-3-4-7-11/h11,14H,2-10H2,1H3. The Bertz CT molecular complexity index is 188. The normalized spacial score (nSPS) is 17.5. The molecule has 0 aromatic carbocycles. The van der Waals surface area contributed by atoms with Crippen LogP contribution in [0.25, 0.3) is 0 Å². The lowest BCUT2D eigenvalue weighted by Crippen LogP contribution is -2.39. The summed E-state index contributed by atoms with van der Waals surface area (Å²) in [6, 6.07) is 0.540. The number of hydrogen-bond acceptors (Lipinski definition) is 3. The Labute approximate surface area is 92.5 Å². The highest BCUT2D eigenvalue weighted by Gasteiger charge is 2.23. The Kier molecular flexibility index (Phi) is 5.88. The molecule has 0 aliphatic heterocycles. The minimum atomic E-state index is 0.163. The minimum Gasteiger partial charge on any atom is -0.395 e. The van der Waals surface area contributed by atoms with Crippen LogP contribution in [0.4, 0.5) is 0 Å². The van der Waals surface area contributed by atoms with E-state index in [9.17, 15) is 4.79 Å². The third-order valence-electron chi connectivity index (χ3n) is 3.14. The van der Waals surface area contributed by atoms with Crippen LogP contribution in [0.15, 0.2) is 0 Å². The zero-order chi connectivity index (χ0) is 11.1. The highest BCUT2D eigenvalue weighted by atomic mass is 16.3. The monoisotopic (exact) mass is 213 g/mol. The van der Waals surface area contributed by atoms with Crippen LogP contribution < -0.4 is 0 Å². The van der Waals surface area contributed by atoms with Crippen LogP contribution >= 0.6 is 0 Å². The first-order chi connectivity index (χ1) is 7.27. The van der Waals surface area contributed by atoms with Crippen molar-refractivity contribution < 1.29 is 9.90 Å². The molecule has 1 saturated carbocycles. The third kappa shape index (κ3) is 4.31. The van der Waals surface area contributed by atoms with Gasteiger partial charge in [0.05, 0.1) is 13.2 Å². The Morgan fingerprint density at radius 1 is 1.40 bits per heavy atom. The van der Waals surface area contributed by atoms with Gasteiger partial charge in [-0.25, -0.2) is 0 Å². The largest absolute Gasteiger partial charge is 0.395 e. The molecule has 1 aliphatic rings. The third-order valence-corrected chi connectivity index (χ3v) is 3.14. The zero-order valence-corrected chi connectivity index (χ0v) is 9.74. The second-order valence-electron chi connectivity index (χ2n) is 4.42. The molecule has 0 aromatic rings. The second kappa shape index (κ2) is 6.96. The summed E-state index contributed by atoms with van der Waals surface area (Å²) in [5.74, 6) is 0.317. The van der Waals surface area contributed by atoms with Gasteiger partial charge in [-0.3, -0.25) is 9.69 Å². The van der Waals surface area contributed by atoms with E-state index in [0.29, 0.717) is 31.3 Å². The Balaban J connectivity index is 2.38. The lowest BCUT2D eigenvalue weighted by molar-refractivity contribution is -0.120. The Morgan fingerprint density at radius 2 is 2.07 bits per heavy atom. The van der Waals surface area contributed by atoms with Gasteiger partial charge in [-0.15, -0.1) is 0 Å². The fourth-order valence-corrected chi connectivity index (χ4v) is 2.37. The highest BCUT2D eigenvalue weighted by Crippen LogP contribution is 2.23. The predicted octanol–water partition coefficient (Wildman–Crippen LogP) is 1.59. The average molecular weight is 213 g/mol. The van der Waals surface area contributed by atoms with E-state index in [-0.39, 0.29) is 6.61 Å². The first kappa shape index (κ1) is 12.7. The summed E-state index contributed by atoms with van der Waals surface area (Å²) in [6.07, 6.45) is 6.53. The maximum absolute atomic E-state index is 11.6. The second-order valence-corrected chi connectivity index (χ2v) is 4.42. The highest BCUT2D eigenvalue weighted by molar-refractivity contribution is 5.80. The Morgan fingerprint density at radius 3 is 2.60 bits per heavy atom. The number of aliphatic hydroxyl groups is 1. The molecule has 3 heteroatoms. The number of Topliss-reactive ketones (excluding diaryl/α,β-unsaturated/α-hetero) is 1. The lowest BCUT2D eigenvalue weighted by atomic mass is 10.1. The molecule has 0 saturated heterocycles. The van der Waals surface area contributed by atoms with Crippen LogP contribution in [0.2, 0.25) is 0 Å². The SMILES string of the molecule is CCCC(=O)CN(CCO)C1CCCC1. The van der Waals surface area contributed by atoms with Gasteiger partial charge in [0.15, 0.2) is 0 Å². The lowest BCUT2D eigenvalue weighted by Gasteiger charge is -2.27. The Hall–Kier alpha value is -0.410. The summed E-state index contributed by atoms with van der Waals surface area (Å²) < 4.78 is 0. The van der Waals surface area contributed by atoms with Crippen molar-refractivity contribution in [2.75, 3.05) is 19.7 Å². The molecule has 1 rings (SSSR count). The summed E-state index contributed by atoms with van der Waals surface area (Å²) >= 11 is 0. The van der Waals surface area contributed by atoms with Gasteiger partial charge in [0, 0.05) is 19.0 Å². The van der Waals surface area contributed by atoms with Crippen molar-refractivity contribution >= 4 is 5.78 Å². The first-order valence-electron chi connectivity index (χ1n) is 6.14. The van der Waals surface area contributed by atoms with E-state index in [0.717, 1.165) is 6.42 Å². The number of ketones is 1. The van der Waals surface area contributed by atoms with Gasteiger partial charge in [0.1, 0.15) is 5.78 Å². The summed E-state index contributed by atoms with van der Waals surface area (Å²) in [7, 11) is 0. The van der Waals surface area contributed by atoms with E-state index in [1.807, 2.05) is 6.92 Å². The number of aliphatic hydroxyl groups excluding tert-OH is 1. The van der Waals surface area contributed by atoms with Crippen molar-refractivity contribution in [3.8, 4) is 0 Å². The molecule has 15 heavy (non-hydrogen) atoms. The van der Waals surface area contributed by atoms with E-state index in [4.69, 9.17) is 5.11 Å². The quantitative estimate of drug-likeness (QED) is 0.698. The molecule has 0 spiro atoms. The number of carbonyl (C=O) groups is 1. The molecule has 0 unspecified atom stereocenters. The molecule has 1 aliphatic carbocycles. The van der Waals surface area contributed by atoms with Crippen molar-refractivity contribution in [3.63, 3.8) is 0 Å². The van der Waals surface area contributed by atoms with Crippen LogP contribution in [0.5, 0.6) is 0 Å². The molecule has 0 amide bonds. The van der Waals surface area contributed by atoms with Gasteiger partial charge in [0.2, 0.25) is 0 Å². The van der Waals surface area contributed by atoms with Gasteiger partial charge in [-0.1, -0.05) is 19.8 Å². The number of carbonyl (C=O) groups excluding carboxylic acids is 1. The molecule has 0 radical (unpaired) electrons. The fraction of sp³-hybridized carbons (Fsp3) is 0.917. The molecule has 0 heterocycles. The van der Waals surface area contributed by atoms with Gasteiger partial charge in [-0.2, -0.15) is 0 Å². The topological polar surface area (TPSA) is 40.5 Å². The maximum atomic E-state index is 11.6. The van der Waals surface area contributed by atoms with Crippen molar-refractivity contribution in [2.45, 2.75) is 51.5 Å². The van der Waals surface area contributed by atoms with E-state index in [1.165, 1.54) is 25.7 Å². The van der Waals surface area contributed by atoms with Crippen molar-refractivity contribution in [3.05, 3.63) is 0 Å². The van der Waals surface area contributed by atoms with Crippen LogP contribution in [0.1, 0.15) is 45.4 Å². The molecule has 1 N–H and O–H groups in total. The zero-order valence-electron chi connectivity index (χ0n) is 9.74. The molecule has 0 bridgehead atoms. The molecule has 3 nitrogen and oxygen atoms in total. The predicted molar refractivity (Wildman–Crippen MR) is 60.8 cm³/mol. The smallest absolute Gasteiger partial charge is 0.146 e. The van der Waals surface area contributed by atoms with Gasteiger partial charge in [-0.05, 0) is 19.3 Å². The molecular weight excluding hydrogens is 190 g/mol. The van der Waals surface area contributed by atoms with E-state index in [1.54, 1.807) is 0 Å². The number of rotatable bonds is 7. The van der Waals surface area contributed by atoms with Crippen LogP contribution in [-0.2, 0) is 4.79 Å². The molecule has 88 valence electrons. The van der Waals surface area contributed by atoms with E-state index in [2.05, 4.69) is 4.90 Å². The van der Waals surface area contributed by atoms with Crippen LogP contribution in [0, 0.1) is 0 Å². The summed E-state index contributed by atoms with van der Waals surface area (Å²) in [6.45, 7) is 3.39. The molecule has 1 fully saturated rings. The van der Waals surface area contributed by atoms with Crippen LogP contribution in [-0.4, -0.2) is 41.5 Å². The molecule has 0 atom stereocenters.